The predicted molar refractivity (Wildman–Crippen MR) is 110 cm³/mol. The van der Waals surface area contributed by atoms with Crippen LogP contribution in [0, 0.1) is 0 Å². The Hall–Kier alpha value is -1.36. The lowest BCUT2D eigenvalue weighted by Crippen LogP contribution is -2.49. The standard InChI is InChI=1S/C22H31NO3S/c1-15-16-11-18-19(26-10-9-25-18)12-17(16)22(7-5-6-8-22)14-23(15)20(24)13-27-21(2,3)4/h11-12,15H,5-10,13-14H2,1-4H3. The monoisotopic (exact) mass is 389 g/mol. The molecule has 0 N–H and O–H groups in total. The lowest BCUT2D eigenvalue weighted by molar-refractivity contribution is -0.132. The van der Waals surface area contributed by atoms with E-state index in [9.17, 15) is 4.79 Å². The second-order valence-electron chi connectivity index (χ2n) is 9.17. The first-order valence-electron chi connectivity index (χ1n) is 10.2. The summed E-state index contributed by atoms with van der Waals surface area (Å²) in [5, 5.41) is 0. The van der Waals surface area contributed by atoms with E-state index in [1.165, 1.54) is 24.0 Å². The van der Waals surface area contributed by atoms with Crippen molar-refractivity contribution in [1.82, 2.24) is 4.90 Å². The number of hydrogen-bond acceptors (Lipinski definition) is 4. The van der Waals surface area contributed by atoms with E-state index < -0.39 is 0 Å². The summed E-state index contributed by atoms with van der Waals surface area (Å²) < 4.78 is 11.8. The molecule has 2 aliphatic heterocycles. The molecule has 4 nitrogen and oxygen atoms in total. The molecule has 1 aliphatic carbocycles. The van der Waals surface area contributed by atoms with Crippen molar-refractivity contribution in [3.8, 4) is 11.5 Å². The third-order valence-electron chi connectivity index (χ3n) is 6.19. The van der Waals surface area contributed by atoms with E-state index in [0.717, 1.165) is 30.9 Å². The molecule has 27 heavy (non-hydrogen) atoms. The number of thioether (sulfide) groups is 1. The van der Waals surface area contributed by atoms with Crippen LogP contribution < -0.4 is 9.47 Å². The fraction of sp³-hybridized carbons (Fsp3) is 0.682. The summed E-state index contributed by atoms with van der Waals surface area (Å²) in [5.41, 5.74) is 2.73. The molecule has 0 saturated heterocycles. The number of ether oxygens (including phenoxy) is 2. The molecular formula is C22H31NO3S. The van der Waals surface area contributed by atoms with Crippen molar-refractivity contribution >= 4 is 17.7 Å². The van der Waals surface area contributed by atoms with Crippen molar-refractivity contribution in [2.75, 3.05) is 25.5 Å². The third kappa shape index (κ3) is 3.55. The molecule has 1 atom stereocenters. The average Bonchev–Trinajstić information content (AvgIpc) is 3.10. The fourth-order valence-corrected chi connectivity index (χ4v) is 5.49. The van der Waals surface area contributed by atoms with Crippen LogP contribution in [0.2, 0.25) is 0 Å². The van der Waals surface area contributed by atoms with E-state index in [2.05, 4.69) is 44.7 Å². The van der Waals surface area contributed by atoms with Gasteiger partial charge in [0.2, 0.25) is 5.91 Å². The van der Waals surface area contributed by atoms with E-state index in [1.54, 1.807) is 11.8 Å². The first-order chi connectivity index (χ1) is 12.8. The van der Waals surface area contributed by atoms with Crippen molar-refractivity contribution in [3.05, 3.63) is 23.3 Å². The van der Waals surface area contributed by atoms with Crippen molar-refractivity contribution < 1.29 is 14.3 Å². The van der Waals surface area contributed by atoms with Gasteiger partial charge in [0.15, 0.2) is 11.5 Å². The molecule has 0 aromatic heterocycles. The highest BCUT2D eigenvalue weighted by Crippen LogP contribution is 2.52. The highest BCUT2D eigenvalue weighted by Gasteiger charge is 2.46. The lowest BCUT2D eigenvalue weighted by Gasteiger charge is -2.46. The van der Waals surface area contributed by atoms with E-state index in [0.29, 0.717) is 19.0 Å². The van der Waals surface area contributed by atoms with Gasteiger partial charge in [-0.3, -0.25) is 4.79 Å². The minimum Gasteiger partial charge on any atom is -0.486 e. The summed E-state index contributed by atoms with van der Waals surface area (Å²) in [6, 6.07) is 4.44. The number of nitrogens with zero attached hydrogens (tertiary/aromatic N) is 1. The Kier molecular flexibility index (Phi) is 4.86. The van der Waals surface area contributed by atoms with Crippen molar-refractivity contribution in [2.24, 2.45) is 0 Å². The van der Waals surface area contributed by atoms with Crippen LogP contribution in [0.4, 0.5) is 0 Å². The topological polar surface area (TPSA) is 38.8 Å². The first-order valence-corrected chi connectivity index (χ1v) is 11.2. The minimum atomic E-state index is 0.0788. The van der Waals surface area contributed by atoms with Gasteiger partial charge < -0.3 is 14.4 Å². The van der Waals surface area contributed by atoms with E-state index in [4.69, 9.17) is 9.47 Å². The Balaban J connectivity index is 1.69. The number of rotatable bonds is 2. The Labute approximate surface area is 167 Å². The van der Waals surface area contributed by atoms with E-state index >= 15 is 0 Å². The van der Waals surface area contributed by atoms with Gasteiger partial charge in [-0.25, -0.2) is 0 Å². The summed E-state index contributed by atoms with van der Waals surface area (Å²) in [6.07, 6.45) is 4.78. The Morgan fingerprint density at radius 1 is 1.19 bits per heavy atom. The third-order valence-corrected chi connectivity index (χ3v) is 7.44. The van der Waals surface area contributed by atoms with Crippen molar-refractivity contribution in [3.63, 3.8) is 0 Å². The van der Waals surface area contributed by atoms with Crippen molar-refractivity contribution in [1.29, 1.82) is 0 Å². The molecule has 2 heterocycles. The highest BCUT2D eigenvalue weighted by molar-refractivity contribution is 8.01. The highest BCUT2D eigenvalue weighted by atomic mass is 32.2. The van der Waals surface area contributed by atoms with Crippen LogP contribution in [0.1, 0.15) is 70.5 Å². The fourth-order valence-electron chi connectivity index (χ4n) is 4.77. The Bertz CT molecular complexity index is 734. The summed E-state index contributed by atoms with van der Waals surface area (Å²) in [5.74, 6) is 2.51. The normalized spacial score (nSPS) is 23.4. The maximum atomic E-state index is 13.1. The number of hydrogen-bond donors (Lipinski definition) is 0. The largest absolute Gasteiger partial charge is 0.486 e. The summed E-state index contributed by atoms with van der Waals surface area (Å²) >= 11 is 1.74. The van der Waals surface area contributed by atoms with Crippen LogP contribution >= 0.6 is 11.8 Å². The van der Waals surface area contributed by atoms with Gasteiger partial charge in [0.25, 0.3) is 0 Å². The molecule has 1 saturated carbocycles. The summed E-state index contributed by atoms with van der Waals surface area (Å²) in [7, 11) is 0. The van der Waals surface area contributed by atoms with Gasteiger partial charge in [-0.15, -0.1) is 11.8 Å². The maximum absolute atomic E-state index is 13.1. The van der Waals surface area contributed by atoms with E-state index in [1.807, 2.05) is 0 Å². The van der Waals surface area contributed by atoms with Gasteiger partial charge in [-0.05, 0) is 43.0 Å². The molecule has 0 bridgehead atoms. The van der Waals surface area contributed by atoms with Crippen LogP contribution in [0.25, 0.3) is 0 Å². The molecule has 3 aliphatic rings. The molecule has 1 amide bonds. The maximum Gasteiger partial charge on any atom is 0.233 e. The zero-order valence-electron chi connectivity index (χ0n) is 17.0. The predicted octanol–water partition coefficient (Wildman–Crippen LogP) is 4.70. The lowest BCUT2D eigenvalue weighted by atomic mass is 9.71. The zero-order valence-corrected chi connectivity index (χ0v) is 17.8. The van der Waals surface area contributed by atoms with Gasteiger partial charge >= 0.3 is 0 Å². The Morgan fingerprint density at radius 3 is 2.44 bits per heavy atom. The minimum absolute atomic E-state index is 0.0788. The molecule has 1 spiro atoms. The molecular weight excluding hydrogens is 358 g/mol. The molecule has 148 valence electrons. The van der Waals surface area contributed by atoms with Gasteiger partial charge in [-0.1, -0.05) is 33.6 Å². The molecule has 4 rings (SSSR count). The smallest absolute Gasteiger partial charge is 0.233 e. The number of carbonyl (C=O) groups is 1. The second kappa shape index (κ2) is 6.91. The molecule has 1 unspecified atom stereocenters. The molecule has 1 aromatic rings. The van der Waals surface area contributed by atoms with Gasteiger partial charge in [0.05, 0.1) is 11.8 Å². The van der Waals surface area contributed by atoms with Crippen LogP contribution in [-0.2, 0) is 10.2 Å². The van der Waals surface area contributed by atoms with Crippen LogP contribution in [0.3, 0.4) is 0 Å². The van der Waals surface area contributed by atoms with Crippen LogP contribution in [-0.4, -0.2) is 41.1 Å². The summed E-state index contributed by atoms with van der Waals surface area (Å²) in [6.45, 7) is 10.7. The summed E-state index contributed by atoms with van der Waals surface area (Å²) in [4.78, 5) is 15.3. The SMILES string of the molecule is CC1c2cc3c(cc2C2(CCCC2)CN1C(=O)CSC(C)(C)C)OCCO3. The molecule has 1 fully saturated rings. The number of fused-ring (bicyclic) bond motifs is 3. The van der Waals surface area contributed by atoms with Gasteiger partial charge in [-0.2, -0.15) is 0 Å². The molecule has 5 heteroatoms. The zero-order chi connectivity index (χ0) is 19.2. The number of carbonyl (C=O) groups excluding carboxylic acids is 1. The quantitative estimate of drug-likeness (QED) is 0.735. The second-order valence-corrected chi connectivity index (χ2v) is 11.0. The van der Waals surface area contributed by atoms with Gasteiger partial charge in [0.1, 0.15) is 13.2 Å². The van der Waals surface area contributed by atoms with Gasteiger partial charge in [0, 0.05) is 16.7 Å². The first kappa shape index (κ1) is 19.0. The van der Waals surface area contributed by atoms with E-state index in [-0.39, 0.29) is 22.1 Å². The van der Waals surface area contributed by atoms with Crippen molar-refractivity contribution in [2.45, 2.75) is 69.6 Å². The average molecular weight is 390 g/mol. The molecule has 0 radical (unpaired) electrons. The van der Waals surface area contributed by atoms with Crippen LogP contribution in [0.15, 0.2) is 12.1 Å². The Morgan fingerprint density at radius 2 is 1.81 bits per heavy atom. The number of benzene rings is 1. The molecule has 1 aromatic carbocycles. The van der Waals surface area contributed by atoms with Crippen LogP contribution in [0.5, 0.6) is 11.5 Å². The number of amides is 1.